The lowest BCUT2D eigenvalue weighted by molar-refractivity contribution is 0.957. The maximum Gasteiger partial charge on any atom is 0.00581 e. The lowest BCUT2D eigenvalue weighted by Gasteiger charge is -2.50. The van der Waals surface area contributed by atoms with Crippen LogP contribution in [-0.2, 0) is 6.42 Å². The van der Waals surface area contributed by atoms with Crippen molar-refractivity contribution in [3.8, 4) is 0 Å². The van der Waals surface area contributed by atoms with Gasteiger partial charge in [-0.1, -0.05) is 67.6 Å². The SMILES string of the molecule is C/C=C\C=C(/CC)S1(c2ccccc2)C2=CCCC=C2Cc2c(C)cccc21. The molecule has 0 radical (unpaired) electrons. The van der Waals surface area contributed by atoms with Crippen LogP contribution in [0, 0.1) is 6.92 Å². The van der Waals surface area contributed by atoms with Crippen LogP contribution in [0.5, 0.6) is 0 Å². The van der Waals surface area contributed by atoms with Gasteiger partial charge in [0.25, 0.3) is 0 Å². The van der Waals surface area contributed by atoms with Gasteiger partial charge in [-0.25, -0.2) is 0 Å². The molecule has 144 valence electrons. The van der Waals surface area contributed by atoms with Crippen molar-refractivity contribution in [3.63, 3.8) is 0 Å². The first kappa shape index (κ1) is 19.1. The van der Waals surface area contributed by atoms with Gasteiger partial charge in [0.05, 0.1) is 0 Å². The zero-order valence-electron chi connectivity index (χ0n) is 17.2. The van der Waals surface area contributed by atoms with Gasteiger partial charge in [0.15, 0.2) is 0 Å². The first-order valence-electron chi connectivity index (χ1n) is 10.4. The number of hydrogen-bond acceptors (Lipinski definition) is 0. The van der Waals surface area contributed by atoms with Crippen molar-refractivity contribution in [2.75, 3.05) is 0 Å². The fourth-order valence-corrected chi connectivity index (χ4v) is 9.33. The Kier molecular flexibility index (Phi) is 5.46. The molecule has 0 bridgehead atoms. The monoisotopic (exact) mass is 386 g/mol. The Hall–Kier alpha value is -2.25. The van der Waals surface area contributed by atoms with E-state index in [0.29, 0.717) is 0 Å². The van der Waals surface area contributed by atoms with Crippen LogP contribution in [0.1, 0.15) is 44.2 Å². The molecule has 28 heavy (non-hydrogen) atoms. The highest BCUT2D eigenvalue weighted by molar-refractivity contribution is 8.40. The molecule has 0 N–H and O–H groups in total. The molecule has 0 nitrogen and oxygen atoms in total. The number of benzene rings is 2. The summed E-state index contributed by atoms with van der Waals surface area (Å²) >= 11 is 0. The number of hydrogen-bond donors (Lipinski definition) is 0. The maximum atomic E-state index is 2.56. The second kappa shape index (κ2) is 8.01. The van der Waals surface area contributed by atoms with Gasteiger partial charge in [0.1, 0.15) is 0 Å². The van der Waals surface area contributed by atoms with E-state index in [-0.39, 0.29) is 0 Å². The Morgan fingerprint density at radius 3 is 2.54 bits per heavy atom. The van der Waals surface area contributed by atoms with Crippen molar-refractivity contribution in [2.45, 2.75) is 56.2 Å². The third kappa shape index (κ3) is 2.93. The standard InChI is InChI=1S/C27H30S/c1-4-6-15-23(5-2)28(24-16-8-7-9-17-24)26-18-11-10-14-22(26)20-25-21(3)13-12-19-27(25)28/h4,6-9,12-19H,5,10-11,20H2,1-3H3/b6-4-,23-15+. The number of fused-ring (bicyclic) bond motifs is 2. The molecule has 1 aliphatic heterocycles. The third-order valence-corrected chi connectivity index (χ3v) is 10.2. The Morgan fingerprint density at radius 2 is 1.79 bits per heavy atom. The van der Waals surface area contributed by atoms with Crippen molar-refractivity contribution >= 4 is 10.0 Å². The number of rotatable bonds is 4. The molecule has 1 heteroatoms. The molecule has 0 saturated heterocycles. The van der Waals surface area contributed by atoms with E-state index in [4.69, 9.17) is 0 Å². The summed E-state index contributed by atoms with van der Waals surface area (Å²) in [5.74, 6) is 0. The molecule has 4 rings (SSSR count). The minimum atomic E-state index is -1.42. The van der Waals surface area contributed by atoms with Crippen molar-refractivity contribution in [3.05, 3.63) is 105 Å². The normalized spacial score (nSPS) is 24.0. The zero-order valence-corrected chi connectivity index (χ0v) is 18.1. The summed E-state index contributed by atoms with van der Waals surface area (Å²) < 4.78 is 0. The summed E-state index contributed by atoms with van der Waals surface area (Å²) in [4.78, 5) is 6.18. The Bertz CT molecular complexity index is 988. The average molecular weight is 387 g/mol. The van der Waals surface area contributed by atoms with Crippen LogP contribution in [-0.4, -0.2) is 0 Å². The van der Waals surface area contributed by atoms with E-state index in [1.165, 1.54) is 16.9 Å². The fourth-order valence-electron chi connectivity index (χ4n) is 4.63. The molecule has 0 amide bonds. The van der Waals surface area contributed by atoms with Crippen molar-refractivity contribution in [1.29, 1.82) is 0 Å². The fraction of sp³-hybridized carbons (Fsp3) is 0.259. The Morgan fingerprint density at radius 1 is 1.00 bits per heavy atom. The molecule has 1 atom stereocenters. The average Bonchev–Trinajstić information content (AvgIpc) is 2.74. The number of allylic oxidation sites excluding steroid dienone is 7. The van der Waals surface area contributed by atoms with Crippen LogP contribution < -0.4 is 0 Å². The van der Waals surface area contributed by atoms with Crippen LogP contribution in [0.3, 0.4) is 0 Å². The van der Waals surface area contributed by atoms with E-state index in [0.717, 1.165) is 19.3 Å². The largest absolute Gasteiger partial charge is 0.136 e. The van der Waals surface area contributed by atoms with Crippen molar-refractivity contribution in [1.82, 2.24) is 0 Å². The van der Waals surface area contributed by atoms with Gasteiger partial charge >= 0.3 is 0 Å². The van der Waals surface area contributed by atoms with Gasteiger partial charge in [0, 0.05) is 14.7 Å². The van der Waals surface area contributed by atoms with E-state index in [2.05, 4.69) is 99.7 Å². The summed E-state index contributed by atoms with van der Waals surface area (Å²) in [6, 6.07) is 18.2. The molecule has 0 fully saturated rings. The van der Waals surface area contributed by atoms with Crippen LogP contribution >= 0.6 is 10.0 Å². The summed E-state index contributed by atoms with van der Waals surface area (Å²) in [5.41, 5.74) is 4.54. The van der Waals surface area contributed by atoms with E-state index in [1.807, 2.05) is 0 Å². The highest BCUT2D eigenvalue weighted by Gasteiger charge is 2.42. The maximum absolute atomic E-state index is 2.56. The van der Waals surface area contributed by atoms with E-state index in [9.17, 15) is 0 Å². The summed E-state index contributed by atoms with van der Waals surface area (Å²) in [5, 5.41) is 0. The van der Waals surface area contributed by atoms with Gasteiger partial charge in [-0.15, -0.1) is 10.0 Å². The molecule has 0 saturated carbocycles. The lowest BCUT2D eigenvalue weighted by atomic mass is 9.96. The van der Waals surface area contributed by atoms with Crippen LogP contribution in [0.2, 0.25) is 0 Å². The van der Waals surface area contributed by atoms with Crippen LogP contribution in [0.4, 0.5) is 0 Å². The molecule has 1 unspecified atom stereocenters. The highest BCUT2D eigenvalue weighted by Crippen LogP contribution is 2.78. The van der Waals surface area contributed by atoms with Gasteiger partial charge in [-0.2, -0.15) is 0 Å². The molecule has 0 spiro atoms. The zero-order chi connectivity index (χ0) is 19.6. The van der Waals surface area contributed by atoms with Crippen molar-refractivity contribution < 1.29 is 0 Å². The number of aryl methyl sites for hydroxylation is 1. The molecular weight excluding hydrogens is 356 g/mol. The molecule has 2 aliphatic rings. The lowest BCUT2D eigenvalue weighted by Crippen LogP contribution is -2.20. The third-order valence-electron chi connectivity index (χ3n) is 5.91. The Labute approximate surface area is 171 Å². The summed E-state index contributed by atoms with van der Waals surface area (Å²) in [6.07, 6.45) is 16.3. The van der Waals surface area contributed by atoms with Crippen molar-refractivity contribution in [2.24, 2.45) is 0 Å². The summed E-state index contributed by atoms with van der Waals surface area (Å²) in [7, 11) is -1.42. The molecular formula is C27H30S. The smallest absolute Gasteiger partial charge is 0.00581 e. The van der Waals surface area contributed by atoms with E-state index < -0.39 is 10.0 Å². The second-order valence-electron chi connectivity index (χ2n) is 7.54. The molecule has 1 aliphatic carbocycles. The van der Waals surface area contributed by atoms with Crippen LogP contribution in [0.25, 0.3) is 0 Å². The predicted molar refractivity (Wildman–Crippen MR) is 124 cm³/mol. The summed E-state index contributed by atoms with van der Waals surface area (Å²) in [6.45, 7) is 6.72. The van der Waals surface area contributed by atoms with Crippen LogP contribution in [0.15, 0.2) is 104 Å². The Balaban J connectivity index is 2.16. The highest BCUT2D eigenvalue weighted by atomic mass is 32.3. The first-order valence-corrected chi connectivity index (χ1v) is 12.0. The van der Waals surface area contributed by atoms with E-state index in [1.54, 1.807) is 25.8 Å². The van der Waals surface area contributed by atoms with E-state index >= 15 is 0 Å². The minimum Gasteiger partial charge on any atom is -0.136 e. The molecule has 1 heterocycles. The molecule has 2 aromatic carbocycles. The van der Waals surface area contributed by atoms with Gasteiger partial charge < -0.3 is 0 Å². The minimum absolute atomic E-state index is 1.06. The predicted octanol–water partition coefficient (Wildman–Crippen LogP) is 8.25. The molecule has 0 aromatic heterocycles. The first-order chi connectivity index (χ1) is 13.7. The second-order valence-corrected chi connectivity index (χ2v) is 10.6. The van der Waals surface area contributed by atoms with Gasteiger partial charge in [0.2, 0.25) is 0 Å². The van der Waals surface area contributed by atoms with Gasteiger partial charge in [-0.05, 0) is 79.3 Å². The quantitative estimate of drug-likeness (QED) is 0.464. The van der Waals surface area contributed by atoms with Gasteiger partial charge in [-0.3, -0.25) is 0 Å². The topological polar surface area (TPSA) is 0 Å². The molecule has 2 aromatic rings.